The van der Waals surface area contributed by atoms with Crippen LogP contribution in [0.15, 0.2) is 12.3 Å². The van der Waals surface area contributed by atoms with Crippen molar-refractivity contribution in [2.24, 2.45) is 7.05 Å². The maximum Gasteiger partial charge on any atom is 0.0924 e. The molecule has 0 saturated heterocycles. The number of nitriles is 1. The Kier molecular flexibility index (Phi) is 3.47. The van der Waals surface area contributed by atoms with Gasteiger partial charge in [-0.3, -0.25) is 4.68 Å². The second-order valence-corrected chi connectivity index (χ2v) is 3.00. The molecule has 1 heterocycles. The Bertz CT molecular complexity index is 297. The van der Waals surface area contributed by atoms with E-state index in [0.29, 0.717) is 0 Å². The molecule has 0 saturated carbocycles. The molecule has 0 aromatic carbocycles. The summed E-state index contributed by atoms with van der Waals surface area (Å²) in [5.74, 6) is 0. The molecule has 0 aliphatic heterocycles. The predicted molar refractivity (Wildman–Crippen MR) is 50.0 cm³/mol. The maximum absolute atomic E-state index is 8.52. The van der Waals surface area contributed by atoms with Crippen molar-refractivity contribution in [3.63, 3.8) is 0 Å². The number of hydrogen-bond acceptors (Lipinski definition) is 3. The molecule has 0 radical (unpaired) electrons. The largest absolute Gasteiger partial charge is 0.302 e. The summed E-state index contributed by atoms with van der Waals surface area (Å²) >= 11 is 0. The summed E-state index contributed by atoms with van der Waals surface area (Å²) in [5.41, 5.74) is 1.18. The van der Waals surface area contributed by atoms with Crippen molar-refractivity contribution in [2.75, 3.05) is 6.54 Å². The molecule has 0 bridgehead atoms. The van der Waals surface area contributed by atoms with E-state index in [-0.39, 0.29) is 6.04 Å². The van der Waals surface area contributed by atoms with E-state index < -0.39 is 0 Å². The third-order valence-electron chi connectivity index (χ3n) is 1.95. The molecule has 4 nitrogen and oxygen atoms in total. The van der Waals surface area contributed by atoms with Crippen LogP contribution in [0.4, 0.5) is 0 Å². The number of aromatic nitrogens is 2. The van der Waals surface area contributed by atoms with Gasteiger partial charge in [-0.1, -0.05) is 0 Å². The van der Waals surface area contributed by atoms with Crippen LogP contribution in [0.5, 0.6) is 0 Å². The van der Waals surface area contributed by atoms with Crippen LogP contribution in [0.1, 0.15) is 12.6 Å². The summed E-state index contributed by atoms with van der Waals surface area (Å²) in [6, 6.07) is 4.04. The number of nitrogens with one attached hydrogen (secondary N) is 1. The van der Waals surface area contributed by atoms with Crippen LogP contribution in [0.25, 0.3) is 0 Å². The van der Waals surface area contributed by atoms with E-state index in [0.717, 1.165) is 13.0 Å². The smallest absolute Gasteiger partial charge is 0.0924 e. The second kappa shape index (κ2) is 4.63. The zero-order chi connectivity index (χ0) is 9.68. The van der Waals surface area contributed by atoms with Crippen LogP contribution in [0, 0.1) is 11.3 Å². The summed E-state index contributed by atoms with van der Waals surface area (Å²) < 4.78 is 1.85. The normalized spacial score (nSPS) is 12.4. The standard InChI is InChI=1S/C9H14N4/c1-8(7-10)11-5-3-9-4-6-12-13(9)2/h4,6,8,11H,3,5H2,1-2H3. The van der Waals surface area contributed by atoms with Gasteiger partial charge in [-0.15, -0.1) is 0 Å². The number of hydrogen-bond donors (Lipinski definition) is 1. The first-order valence-corrected chi connectivity index (χ1v) is 4.34. The summed E-state index contributed by atoms with van der Waals surface area (Å²) in [7, 11) is 1.92. The van der Waals surface area contributed by atoms with Crippen molar-refractivity contribution in [1.29, 1.82) is 5.26 Å². The van der Waals surface area contributed by atoms with Crippen LogP contribution in [-0.2, 0) is 13.5 Å². The monoisotopic (exact) mass is 178 g/mol. The molecule has 4 heteroatoms. The fourth-order valence-electron chi connectivity index (χ4n) is 1.11. The first-order valence-electron chi connectivity index (χ1n) is 4.34. The van der Waals surface area contributed by atoms with Gasteiger partial charge in [0.15, 0.2) is 0 Å². The van der Waals surface area contributed by atoms with E-state index in [4.69, 9.17) is 5.26 Å². The molecule has 1 unspecified atom stereocenters. The van der Waals surface area contributed by atoms with Gasteiger partial charge in [-0.05, 0) is 13.0 Å². The summed E-state index contributed by atoms with van der Waals surface area (Å²) in [6.07, 6.45) is 2.69. The Balaban J connectivity index is 2.29. The van der Waals surface area contributed by atoms with Crippen molar-refractivity contribution in [3.8, 4) is 6.07 Å². The molecule has 70 valence electrons. The minimum atomic E-state index is -0.0757. The first-order chi connectivity index (χ1) is 6.24. The lowest BCUT2D eigenvalue weighted by molar-refractivity contribution is 0.614. The zero-order valence-corrected chi connectivity index (χ0v) is 7.99. The van der Waals surface area contributed by atoms with Gasteiger partial charge in [0, 0.05) is 31.9 Å². The molecular weight excluding hydrogens is 164 g/mol. The molecule has 0 spiro atoms. The summed E-state index contributed by atoms with van der Waals surface area (Å²) in [6.45, 7) is 2.66. The Morgan fingerprint density at radius 1 is 1.77 bits per heavy atom. The molecular formula is C9H14N4. The molecule has 1 aromatic heterocycles. The Morgan fingerprint density at radius 2 is 2.54 bits per heavy atom. The van der Waals surface area contributed by atoms with Gasteiger partial charge >= 0.3 is 0 Å². The van der Waals surface area contributed by atoms with Gasteiger partial charge in [0.2, 0.25) is 0 Å². The molecule has 13 heavy (non-hydrogen) atoms. The summed E-state index contributed by atoms with van der Waals surface area (Å²) in [5, 5.41) is 15.7. The second-order valence-electron chi connectivity index (χ2n) is 3.00. The van der Waals surface area contributed by atoms with E-state index in [2.05, 4.69) is 16.5 Å². The van der Waals surface area contributed by atoms with Crippen molar-refractivity contribution in [2.45, 2.75) is 19.4 Å². The van der Waals surface area contributed by atoms with E-state index in [1.165, 1.54) is 5.69 Å². The lowest BCUT2D eigenvalue weighted by Gasteiger charge is -2.05. The van der Waals surface area contributed by atoms with Crippen LogP contribution in [-0.4, -0.2) is 22.4 Å². The molecule has 1 aromatic rings. The fraction of sp³-hybridized carbons (Fsp3) is 0.556. The predicted octanol–water partition coefficient (Wildman–Crippen LogP) is 0.464. The topological polar surface area (TPSA) is 53.6 Å². The first kappa shape index (κ1) is 9.75. The quantitative estimate of drug-likeness (QED) is 0.729. The molecule has 1 rings (SSSR count). The highest BCUT2D eigenvalue weighted by Gasteiger charge is 2.00. The van der Waals surface area contributed by atoms with E-state index in [1.54, 1.807) is 6.20 Å². The van der Waals surface area contributed by atoms with Crippen molar-refractivity contribution >= 4 is 0 Å². The SMILES string of the molecule is CC(C#N)NCCc1ccnn1C. The number of aryl methyl sites for hydroxylation is 1. The van der Waals surface area contributed by atoms with Gasteiger partial charge in [0.25, 0.3) is 0 Å². The molecule has 0 aliphatic carbocycles. The minimum absolute atomic E-state index is 0.0757. The van der Waals surface area contributed by atoms with E-state index >= 15 is 0 Å². The molecule has 1 atom stereocenters. The molecule has 0 amide bonds. The van der Waals surface area contributed by atoms with Crippen LogP contribution in [0.2, 0.25) is 0 Å². The Morgan fingerprint density at radius 3 is 3.08 bits per heavy atom. The highest BCUT2D eigenvalue weighted by Crippen LogP contribution is 1.96. The molecule has 0 fully saturated rings. The molecule has 1 N–H and O–H groups in total. The molecule has 0 aliphatic rings. The maximum atomic E-state index is 8.52. The summed E-state index contributed by atoms with van der Waals surface area (Å²) in [4.78, 5) is 0. The third-order valence-corrected chi connectivity index (χ3v) is 1.95. The van der Waals surface area contributed by atoms with Gasteiger partial charge in [0.1, 0.15) is 0 Å². The van der Waals surface area contributed by atoms with Crippen molar-refractivity contribution < 1.29 is 0 Å². The number of nitrogens with zero attached hydrogens (tertiary/aromatic N) is 3. The Labute approximate surface area is 78.2 Å². The average Bonchev–Trinajstić information content (AvgIpc) is 2.52. The van der Waals surface area contributed by atoms with Crippen molar-refractivity contribution in [3.05, 3.63) is 18.0 Å². The van der Waals surface area contributed by atoms with E-state index in [9.17, 15) is 0 Å². The highest BCUT2D eigenvalue weighted by atomic mass is 15.3. The van der Waals surface area contributed by atoms with Gasteiger partial charge in [-0.25, -0.2) is 0 Å². The minimum Gasteiger partial charge on any atom is -0.302 e. The Hall–Kier alpha value is -1.34. The lowest BCUT2D eigenvalue weighted by Crippen LogP contribution is -2.26. The fourth-order valence-corrected chi connectivity index (χ4v) is 1.11. The van der Waals surface area contributed by atoms with Crippen molar-refractivity contribution in [1.82, 2.24) is 15.1 Å². The van der Waals surface area contributed by atoms with E-state index in [1.807, 2.05) is 24.7 Å². The third kappa shape index (κ3) is 2.88. The van der Waals surface area contributed by atoms with Gasteiger partial charge < -0.3 is 5.32 Å². The van der Waals surface area contributed by atoms with Gasteiger partial charge in [-0.2, -0.15) is 10.4 Å². The van der Waals surface area contributed by atoms with Crippen LogP contribution in [0.3, 0.4) is 0 Å². The van der Waals surface area contributed by atoms with Crippen LogP contribution >= 0.6 is 0 Å². The number of rotatable bonds is 4. The van der Waals surface area contributed by atoms with Gasteiger partial charge in [0.05, 0.1) is 12.1 Å². The zero-order valence-electron chi connectivity index (χ0n) is 7.99. The van der Waals surface area contributed by atoms with Crippen LogP contribution < -0.4 is 5.32 Å². The average molecular weight is 178 g/mol. The lowest BCUT2D eigenvalue weighted by atomic mass is 10.3. The highest BCUT2D eigenvalue weighted by molar-refractivity contribution is 5.00.